The zero-order valence-electron chi connectivity index (χ0n) is 19.6. The lowest BCUT2D eigenvalue weighted by Crippen LogP contribution is -2.42. The molecule has 0 radical (unpaired) electrons. The SMILES string of the molecule is CN=C(NCc1ncc(C(C)(C)C)o1)NCC1CCN(Cc2ccc(C)cc2)CC1.I. The first-order valence-electron chi connectivity index (χ1n) is 11.0. The van der Waals surface area contributed by atoms with Crippen LogP contribution in [0, 0.1) is 12.8 Å². The van der Waals surface area contributed by atoms with E-state index in [0.29, 0.717) is 18.4 Å². The molecule has 1 aromatic carbocycles. The summed E-state index contributed by atoms with van der Waals surface area (Å²) in [6.45, 7) is 13.3. The molecule has 3 rings (SSSR count). The monoisotopic (exact) mass is 539 g/mol. The van der Waals surface area contributed by atoms with Gasteiger partial charge < -0.3 is 15.1 Å². The molecule has 0 unspecified atom stereocenters. The number of hydrogen-bond donors (Lipinski definition) is 2. The topological polar surface area (TPSA) is 65.7 Å². The van der Waals surface area contributed by atoms with Crippen LogP contribution in [0.25, 0.3) is 0 Å². The van der Waals surface area contributed by atoms with Gasteiger partial charge in [0.15, 0.2) is 5.96 Å². The maximum Gasteiger partial charge on any atom is 0.213 e. The molecule has 172 valence electrons. The maximum absolute atomic E-state index is 5.84. The van der Waals surface area contributed by atoms with Crippen molar-refractivity contribution in [1.29, 1.82) is 0 Å². The Balaban J connectivity index is 0.00000341. The molecule has 2 N–H and O–H groups in total. The Morgan fingerprint density at radius 2 is 1.84 bits per heavy atom. The van der Waals surface area contributed by atoms with Gasteiger partial charge in [0.25, 0.3) is 0 Å². The summed E-state index contributed by atoms with van der Waals surface area (Å²) in [7, 11) is 1.80. The second-order valence-corrected chi connectivity index (χ2v) is 9.38. The molecule has 0 amide bonds. The predicted octanol–water partition coefficient (Wildman–Crippen LogP) is 4.48. The van der Waals surface area contributed by atoms with Gasteiger partial charge in [-0.3, -0.25) is 9.89 Å². The van der Waals surface area contributed by atoms with Crippen LogP contribution < -0.4 is 10.6 Å². The first kappa shape index (κ1) is 25.6. The van der Waals surface area contributed by atoms with Crippen LogP contribution in [-0.4, -0.2) is 42.5 Å². The molecule has 1 aliphatic heterocycles. The summed E-state index contributed by atoms with van der Waals surface area (Å²) in [6.07, 6.45) is 4.24. The van der Waals surface area contributed by atoms with E-state index in [0.717, 1.165) is 37.9 Å². The summed E-state index contributed by atoms with van der Waals surface area (Å²) in [4.78, 5) is 11.3. The molecule has 0 bridgehead atoms. The average Bonchev–Trinajstić information content (AvgIpc) is 3.21. The standard InChI is InChI=1S/C24H37N5O.HI/c1-18-6-8-20(9-7-18)17-29-12-10-19(11-13-29)14-27-23(25-5)28-16-22-26-15-21(30-22)24(2,3)4;/h6-9,15,19H,10-14,16-17H2,1-5H3,(H2,25,27,28);1H. The van der Waals surface area contributed by atoms with E-state index in [1.807, 2.05) is 6.20 Å². The third-order valence-corrected chi connectivity index (χ3v) is 5.72. The molecule has 0 aliphatic carbocycles. The number of hydrogen-bond acceptors (Lipinski definition) is 4. The number of aryl methyl sites for hydroxylation is 1. The number of likely N-dealkylation sites (tertiary alicyclic amines) is 1. The van der Waals surface area contributed by atoms with Crippen LogP contribution in [0.2, 0.25) is 0 Å². The van der Waals surface area contributed by atoms with Crippen LogP contribution in [0.5, 0.6) is 0 Å². The van der Waals surface area contributed by atoms with Gasteiger partial charge in [-0.2, -0.15) is 0 Å². The number of oxazole rings is 1. The van der Waals surface area contributed by atoms with Crippen molar-refractivity contribution in [2.75, 3.05) is 26.7 Å². The Kier molecular flexibility index (Phi) is 9.81. The summed E-state index contributed by atoms with van der Waals surface area (Å²) in [5.74, 6) is 3.06. The van der Waals surface area contributed by atoms with Crippen LogP contribution in [0.3, 0.4) is 0 Å². The minimum atomic E-state index is -0.0283. The molecule has 7 heteroatoms. The highest BCUT2D eigenvalue weighted by Crippen LogP contribution is 2.22. The van der Waals surface area contributed by atoms with E-state index in [-0.39, 0.29) is 29.4 Å². The van der Waals surface area contributed by atoms with Crippen LogP contribution in [0.4, 0.5) is 0 Å². The Bertz CT molecular complexity index is 817. The molecule has 31 heavy (non-hydrogen) atoms. The minimum absolute atomic E-state index is 0. The first-order valence-corrected chi connectivity index (χ1v) is 11.0. The number of nitrogens with zero attached hydrogens (tertiary/aromatic N) is 3. The number of aromatic nitrogens is 1. The summed E-state index contributed by atoms with van der Waals surface area (Å²) >= 11 is 0. The molecule has 2 heterocycles. The van der Waals surface area contributed by atoms with Crippen LogP contribution in [-0.2, 0) is 18.5 Å². The fraction of sp³-hybridized carbons (Fsp3) is 0.583. The molecule has 6 nitrogen and oxygen atoms in total. The highest BCUT2D eigenvalue weighted by Gasteiger charge is 2.20. The quantitative estimate of drug-likeness (QED) is 0.322. The minimum Gasteiger partial charge on any atom is -0.443 e. The Labute approximate surface area is 204 Å². The normalized spacial score (nSPS) is 16.1. The van der Waals surface area contributed by atoms with E-state index in [4.69, 9.17) is 4.42 Å². The van der Waals surface area contributed by atoms with Crippen molar-refractivity contribution in [3.8, 4) is 0 Å². The number of benzene rings is 1. The van der Waals surface area contributed by atoms with E-state index < -0.39 is 0 Å². The first-order chi connectivity index (χ1) is 14.3. The lowest BCUT2D eigenvalue weighted by Gasteiger charge is -2.32. The Morgan fingerprint density at radius 3 is 2.42 bits per heavy atom. The van der Waals surface area contributed by atoms with Crippen LogP contribution in [0.15, 0.2) is 39.9 Å². The number of halogens is 1. The van der Waals surface area contributed by atoms with Crippen molar-refractivity contribution in [3.05, 3.63) is 53.2 Å². The lowest BCUT2D eigenvalue weighted by molar-refractivity contribution is 0.178. The third kappa shape index (κ3) is 8.11. The maximum atomic E-state index is 5.84. The van der Waals surface area contributed by atoms with Gasteiger partial charge in [-0.05, 0) is 44.3 Å². The summed E-state index contributed by atoms with van der Waals surface area (Å²) in [5, 5.41) is 6.78. The number of guanidine groups is 1. The summed E-state index contributed by atoms with van der Waals surface area (Å²) in [5.41, 5.74) is 2.70. The molecule has 0 saturated carbocycles. The second kappa shape index (κ2) is 11.9. The molecule has 1 aromatic heterocycles. The zero-order chi connectivity index (χ0) is 21.6. The molecule has 1 saturated heterocycles. The van der Waals surface area contributed by atoms with E-state index >= 15 is 0 Å². The summed E-state index contributed by atoms with van der Waals surface area (Å²) < 4.78 is 5.84. The highest BCUT2D eigenvalue weighted by atomic mass is 127. The van der Waals surface area contributed by atoms with Gasteiger partial charge in [-0.1, -0.05) is 50.6 Å². The molecular weight excluding hydrogens is 501 g/mol. The average molecular weight is 540 g/mol. The highest BCUT2D eigenvalue weighted by molar-refractivity contribution is 14.0. The fourth-order valence-corrected chi connectivity index (χ4v) is 3.66. The molecule has 2 aromatic rings. The van der Waals surface area contributed by atoms with E-state index in [9.17, 15) is 0 Å². The van der Waals surface area contributed by atoms with Crippen molar-refractivity contribution < 1.29 is 4.42 Å². The van der Waals surface area contributed by atoms with Crippen molar-refractivity contribution >= 4 is 29.9 Å². The van der Waals surface area contributed by atoms with Crippen molar-refractivity contribution in [1.82, 2.24) is 20.5 Å². The van der Waals surface area contributed by atoms with Gasteiger partial charge in [-0.25, -0.2) is 4.98 Å². The smallest absolute Gasteiger partial charge is 0.213 e. The largest absolute Gasteiger partial charge is 0.443 e. The van der Waals surface area contributed by atoms with E-state index in [2.05, 4.69) is 77.5 Å². The van der Waals surface area contributed by atoms with Gasteiger partial charge >= 0.3 is 0 Å². The van der Waals surface area contributed by atoms with Gasteiger partial charge in [-0.15, -0.1) is 24.0 Å². The van der Waals surface area contributed by atoms with Gasteiger partial charge in [0, 0.05) is 25.6 Å². The molecule has 1 fully saturated rings. The Hall–Kier alpha value is -1.61. The number of piperidine rings is 1. The lowest BCUT2D eigenvalue weighted by atomic mass is 9.94. The Morgan fingerprint density at radius 1 is 1.16 bits per heavy atom. The third-order valence-electron chi connectivity index (χ3n) is 5.72. The van der Waals surface area contributed by atoms with Crippen molar-refractivity contribution in [2.45, 2.75) is 59.0 Å². The number of aliphatic imine (C=N–C) groups is 1. The molecule has 0 atom stereocenters. The number of rotatable bonds is 6. The van der Waals surface area contributed by atoms with Gasteiger partial charge in [0.2, 0.25) is 5.89 Å². The van der Waals surface area contributed by atoms with Crippen LogP contribution in [0.1, 0.15) is 56.4 Å². The molecule has 1 aliphatic rings. The van der Waals surface area contributed by atoms with E-state index in [1.54, 1.807) is 7.05 Å². The van der Waals surface area contributed by atoms with Gasteiger partial charge in [0.1, 0.15) is 5.76 Å². The predicted molar refractivity (Wildman–Crippen MR) is 138 cm³/mol. The number of nitrogens with one attached hydrogen (secondary N) is 2. The van der Waals surface area contributed by atoms with E-state index in [1.165, 1.54) is 24.0 Å². The van der Waals surface area contributed by atoms with Crippen molar-refractivity contribution in [2.24, 2.45) is 10.9 Å². The molecule has 0 spiro atoms. The van der Waals surface area contributed by atoms with Crippen molar-refractivity contribution in [3.63, 3.8) is 0 Å². The fourth-order valence-electron chi connectivity index (χ4n) is 3.66. The van der Waals surface area contributed by atoms with Gasteiger partial charge in [0.05, 0.1) is 12.7 Å². The second-order valence-electron chi connectivity index (χ2n) is 9.38. The summed E-state index contributed by atoms with van der Waals surface area (Å²) in [6, 6.07) is 8.90. The molecular formula is C24H38IN5O. The van der Waals surface area contributed by atoms with Crippen LogP contribution >= 0.6 is 24.0 Å². The zero-order valence-corrected chi connectivity index (χ0v) is 21.9.